The number of fused-ring (bicyclic) bond motifs is 1. The van der Waals surface area contributed by atoms with Gasteiger partial charge in [0.25, 0.3) is 15.7 Å². The number of carbonyl (C=O) groups is 2. The predicted molar refractivity (Wildman–Crippen MR) is 118 cm³/mol. The summed E-state index contributed by atoms with van der Waals surface area (Å²) in [6, 6.07) is 13.2. The number of nitro groups is 1. The smallest absolute Gasteiger partial charge is 0.317 e. The van der Waals surface area contributed by atoms with E-state index in [0.29, 0.717) is 11.1 Å². The Balaban J connectivity index is 1.90. The Morgan fingerprint density at radius 2 is 1.85 bits per heavy atom. The van der Waals surface area contributed by atoms with Crippen LogP contribution in [0.2, 0.25) is 0 Å². The molecule has 9 nitrogen and oxygen atoms in total. The van der Waals surface area contributed by atoms with Crippen LogP contribution in [0.5, 0.6) is 0 Å². The van der Waals surface area contributed by atoms with Crippen LogP contribution in [0.1, 0.15) is 40.0 Å². The average molecular weight is 468 g/mol. The monoisotopic (exact) mass is 468 g/mol. The number of hydrogen-bond donors (Lipinski definition) is 0. The normalized spacial score (nSPS) is 17.6. The Hall–Kier alpha value is -3.79. The SMILES string of the molecule is CCOC(=O)[C@H]1C(=O)c2c(ccn2S(=O)(=O)c2ccc(C)cc2)[C@@H]1c1cccc([N+](=O)[O-])c1. The zero-order valence-corrected chi connectivity index (χ0v) is 18.6. The first-order valence-electron chi connectivity index (χ1n) is 10.2. The number of rotatable bonds is 6. The molecule has 33 heavy (non-hydrogen) atoms. The molecule has 1 heterocycles. The molecule has 0 spiro atoms. The average Bonchev–Trinajstić information content (AvgIpc) is 3.34. The van der Waals surface area contributed by atoms with Crippen LogP contribution in [0.4, 0.5) is 5.69 Å². The van der Waals surface area contributed by atoms with Gasteiger partial charge in [0.1, 0.15) is 11.6 Å². The van der Waals surface area contributed by atoms with E-state index in [4.69, 9.17) is 4.74 Å². The van der Waals surface area contributed by atoms with Crippen LogP contribution in [-0.2, 0) is 19.6 Å². The van der Waals surface area contributed by atoms with E-state index in [1.54, 1.807) is 25.1 Å². The predicted octanol–water partition coefficient (Wildman–Crippen LogP) is 3.45. The van der Waals surface area contributed by atoms with Gasteiger partial charge in [-0.05, 0) is 43.2 Å². The number of non-ortho nitro benzene ring substituents is 1. The Labute approximate surface area is 189 Å². The fourth-order valence-electron chi connectivity index (χ4n) is 4.11. The van der Waals surface area contributed by atoms with E-state index in [9.17, 15) is 28.1 Å². The number of carbonyl (C=O) groups excluding carboxylic acids is 2. The van der Waals surface area contributed by atoms with Gasteiger partial charge in [-0.1, -0.05) is 29.8 Å². The number of nitrogens with zero attached hydrogens (tertiary/aromatic N) is 2. The van der Waals surface area contributed by atoms with E-state index in [1.807, 2.05) is 6.92 Å². The number of ketones is 1. The second-order valence-corrected chi connectivity index (χ2v) is 9.47. The molecule has 0 fully saturated rings. The molecule has 0 saturated carbocycles. The van der Waals surface area contributed by atoms with Crippen molar-refractivity contribution >= 4 is 27.5 Å². The second-order valence-electron chi connectivity index (χ2n) is 7.66. The van der Waals surface area contributed by atoms with Crippen molar-refractivity contribution in [1.82, 2.24) is 3.97 Å². The fraction of sp³-hybridized carbons (Fsp3) is 0.217. The first-order valence-corrected chi connectivity index (χ1v) is 11.6. The molecule has 10 heteroatoms. The molecule has 3 aromatic rings. The minimum absolute atomic E-state index is 0.00853. The zero-order valence-electron chi connectivity index (χ0n) is 17.8. The number of nitro benzene ring substituents is 1. The summed E-state index contributed by atoms with van der Waals surface area (Å²) in [5, 5.41) is 11.3. The van der Waals surface area contributed by atoms with Crippen LogP contribution in [0, 0.1) is 23.0 Å². The minimum Gasteiger partial charge on any atom is -0.465 e. The van der Waals surface area contributed by atoms with Crippen molar-refractivity contribution in [3.63, 3.8) is 0 Å². The Kier molecular flexibility index (Phi) is 5.62. The lowest BCUT2D eigenvalue weighted by molar-refractivity contribution is -0.384. The lowest BCUT2D eigenvalue weighted by Gasteiger charge is -2.18. The van der Waals surface area contributed by atoms with Gasteiger partial charge in [0.2, 0.25) is 0 Å². The molecule has 170 valence electrons. The highest BCUT2D eigenvalue weighted by Crippen LogP contribution is 2.45. The Bertz CT molecular complexity index is 1370. The quantitative estimate of drug-likeness (QED) is 0.235. The van der Waals surface area contributed by atoms with E-state index in [-0.39, 0.29) is 22.9 Å². The Morgan fingerprint density at radius 3 is 2.48 bits per heavy atom. The Morgan fingerprint density at radius 1 is 1.15 bits per heavy atom. The van der Waals surface area contributed by atoms with Gasteiger partial charge < -0.3 is 4.74 Å². The molecule has 0 amide bonds. The summed E-state index contributed by atoms with van der Waals surface area (Å²) in [5.41, 5.74) is 1.16. The topological polar surface area (TPSA) is 126 Å². The lowest BCUT2D eigenvalue weighted by atomic mass is 9.85. The summed E-state index contributed by atoms with van der Waals surface area (Å²) in [5.74, 6) is -3.78. The molecule has 0 radical (unpaired) electrons. The number of Topliss-reactive ketones (excluding diaryl/α,β-unsaturated/α-hetero) is 1. The second kappa shape index (κ2) is 8.28. The molecule has 2 atom stereocenters. The van der Waals surface area contributed by atoms with Crippen molar-refractivity contribution in [1.29, 1.82) is 0 Å². The number of hydrogen-bond acceptors (Lipinski definition) is 7. The highest BCUT2D eigenvalue weighted by atomic mass is 32.2. The van der Waals surface area contributed by atoms with Gasteiger partial charge in [0.15, 0.2) is 5.78 Å². The zero-order chi connectivity index (χ0) is 23.9. The van der Waals surface area contributed by atoms with Crippen LogP contribution < -0.4 is 0 Å². The molecule has 2 aromatic carbocycles. The summed E-state index contributed by atoms with van der Waals surface area (Å²) in [6.45, 7) is 3.44. The summed E-state index contributed by atoms with van der Waals surface area (Å²) < 4.78 is 32.6. The molecule has 1 aromatic heterocycles. The van der Waals surface area contributed by atoms with E-state index in [2.05, 4.69) is 0 Å². The molecule has 0 unspecified atom stereocenters. The maximum absolute atomic E-state index is 13.4. The van der Waals surface area contributed by atoms with Crippen LogP contribution >= 0.6 is 0 Å². The maximum Gasteiger partial charge on any atom is 0.317 e. The number of ether oxygens (including phenoxy) is 1. The van der Waals surface area contributed by atoms with Crippen molar-refractivity contribution in [2.24, 2.45) is 5.92 Å². The lowest BCUT2D eigenvalue weighted by Crippen LogP contribution is -2.28. The standard InChI is InChI=1S/C23H20N2O7S/c1-3-32-23(27)20-19(15-5-4-6-16(13-15)25(28)29)18-11-12-24(21(18)22(20)26)33(30,31)17-9-7-14(2)8-10-17/h4-13,19-20H,3H2,1-2H3/t19-,20+/m0/s1. The highest BCUT2D eigenvalue weighted by molar-refractivity contribution is 7.90. The van der Waals surface area contributed by atoms with Gasteiger partial charge in [-0.25, -0.2) is 12.4 Å². The van der Waals surface area contributed by atoms with Crippen molar-refractivity contribution in [2.75, 3.05) is 6.61 Å². The molecule has 1 aliphatic carbocycles. The first-order chi connectivity index (χ1) is 15.7. The summed E-state index contributed by atoms with van der Waals surface area (Å²) in [4.78, 5) is 36.9. The third-order valence-electron chi connectivity index (χ3n) is 5.63. The number of aromatic nitrogens is 1. The van der Waals surface area contributed by atoms with Gasteiger partial charge in [0.05, 0.1) is 16.4 Å². The number of aryl methyl sites for hydroxylation is 1. The third-order valence-corrected chi connectivity index (χ3v) is 7.32. The van der Waals surface area contributed by atoms with Gasteiger partial charge in [-0.3, -0.25) is 19.7 Å². The largest absolute Gasteiger partial charge is 0.465 e. The van der Waals surface area contributed by atoms with Gasteiger partial charge >= 0.3 is 5.97 Å². The van der Waals surface area contributed by atoms with E-state index in [1.165, 1.54) is 42.6 Å². The van der Waals surface area contributed by atoms with E-state index < -0.39 is 38.5 Å². The van der Waals surface area contributed by atoms with Gasteiger partial charge in [-0.15, -0.1) is 0 Å². The third kappa shape index (κ3) is 3.72. The van der Waals surface area contributed by atoms with Crippen LogP contribution in [0.3, 0.4) is 0 Å². The maximum atomic E-state index is 13.4. The molecule has 0 bridgehead atoms. The van der Waals surface area contributed by atoms with Gasteiger partial charge in [-0.2, -0.15) is 0 Å². The molecule has 0 N–H and O–H groups in total. The molecular formula is C23H20N2O7S. The van der Waals surface area contributed by atoms with Crippen molar-refractivity contribution in [3.8, 4) is 0 Å². The van der Waals surface area contributed by atoms with Crippen molar-refractivity contribution < 1.29 is 27.7 Å². The van der Waals surface area contributed by atoms with Crippen LogP contribution in [0.25, 0.3) is 0 Å². The highest BCUT2D eigenvalue weighted by Gasteiger charge is 2.49. The summed E-state index contributed by atoms with van der Waals surface area (Å²) in [7, 11) is -4.12. The van der Waals surface area contributed by atoms with E-state index >= 15 is 0 Å². The fourth-order valence-corrected chi connectivity index (χ4v) is 5.48. The van der Waals surface area contributed by atoms with Crippen molar-refractivity contribution in [3.05, 3.63) is 93.3 Å². The molecular weight excluding hydrogens is 448 g/mol. The molecule has 0 aliphatic heterocycles. The molecule has 0 saturated heterocycles. The summed E-state index contributed by atoms with van der Waals surface area (Å²) >= 11 is 0. The molecule has 4 rings (SSSR count). The van der Waals surface area contributed by atoms with Crippen LogP contribution in [0.15, 0.2) is 65.7 Å². The first kappa shape index (κ1) is 22.4. The summed E-state index contributed by atoms with van der Waals surface area (Å²) in [6.07, 6.45) is 1.27. The minimum atomic E-state index is -4.12. The molecule has 1 aliphatic rings. The van der Waals surface area contributed by atoms with Gasteiger partial charge in [0, 0.05) is 24.2 Å². The van der Waals surface area contributed by atoms with Crippen LogP contribution in [-0.4, -0.2) is 35.7 Å². The van der Waals surface area contributed by atoms with E-state index in [0.717, 1.165) is 9.54 Å². The number of benzene rings is 2. The van der Waals surface area contributed by atoms with Crippen molar-refractivity contribution in [2.45, 2.75) is 24.7 Å². The number of esters is 1.